The van der Waals surface area contributed by atoms with Crippen LogP contribution in [0.2, 0.25) is 0 Å². The van der Waals surface area contributed by atoms with Gasteiger partial charge >= 0.3 is 0 Å². The van der Waals surface area contributed by atoms with E-state index in [2.05, 4.69) is 15.9 Å². The summed E-state index contributed by atoms with van der Waals surface area (Å²) in [5.41, 5.74) is 1.06. The molecule has 4 heteroatoms. The van der Waals surface area contributed by atoms with Crippen LogP contribution >= 0.6 is 15.9 Å². The van der Waals surface area contributed by atoms with Gasteiger partial charge in [0.25, 0.3) is 0 Å². The van der Waals surface area contributed by atoms with Crippen molar-refractivity contribution in [2.24, 2.45) is 0 Å². The fraction of sp³-hybridized carbons (Fsp3) is 0.500. The predicted octanol–water partition coefficient (Wildman–Crippen LogP) is 2.78. The minimum Gasteiger partial charge on any atom is -0.497 e. The van der Waals surface area contributed by atoms with Crippen molar-refractivity contribution in [3.05, 3.63) is 22.2 Å². The SMILES string of the molecule is COc1cc(Br)c(CCC(C)O)c(OC)c1. The lowest BCUT2D eigenvalue weighted by molar-refractivity contribution is 0.184. The summed E-state index contributed by atoms with van der Waals surface area (Å²) in [7, 11) is 3.25. The van der Waals surface area contributed by atoms with Gasteiger partial charge in [-0.15, -0.1) is 0 Å². The van der Waals surface area contributed by atoms with Crippen molar-refractivity contribution < 1.29 is 14.6 Å². The van der Waals surface area contributed by atoms with Gasteiger partial charge in [-0.05, 0) is 25.8 Å². The van der Waals surface area contributed by atoms with Gasteiger partial charge in [0.15, 0.2) is 0 Å². The van der Waals surface area contributed by atoms with E-state index in [0.717, 1.165) is 28.0 Å². The smallest absolute Gasteiger partial charge is 0.126 e. The molecule has 0 fully saturated rings. The van der Waals surface area contributed by atoms with Crippen LogP contribution in [0, 0.1) is 0 Å². The van der Waals surface area contributed by atoms with Crippen LogP contribution in [0.5, 0.6) is 11.5 Å². The maximum atomic E-state index is 9.29. The van der Waals surface area contributed by atoms with Gasteiger partial charge < -0.3 is 14.6 Å². The molecule has 16 heavy (non-hydrogen) atoms. The van der Waals surface area contributed by atoms with Gasteiger partial charge in [-0.2, -0.15) is 0 Å². The summed E-state index contributed by atoms with van der Waals surface area (Å²) in [5, 5.41) is 9.29. The predicted molar refractivity (Wildman–Crippen MR) is 67.2 cm³/mol. The molecule has 0 aliphatic carbocycles. The van der Waals surface area contributed by atoms with Crippen LogP contribution < -0.4 is 9.47 Å². The van der Waals surface area contributed by atoms with Crippen molar-refractivity contribution in [3.63, 3.8) is 0 Å². The second-order valence-electron chi connectivity index (χ2n) is 3.68. The highest BCUT2D eigenvalue weighted by atomic mass is 79.9. The highest BCUT2D eigenvalue weighted by molar-refractivity contribution is 9.10. The van der Waals surface area contributed by atoms with Gasteiger partial charge in [-0.1, -0.05) is 15.9 Å². The summed E-state index contributed by atoms with van der Waals surface area (Å²) in [4.78, 5) is 0. The van der Waals surface area contributed by atoms with E-state index in [1.54, 1.807) is 21.1 Å². The number of aliphatic hydroxyl groups is 1. The Morgan fingerprint density at radius 2 is 2.00 bits per heavy atom. The van der Waals surface area contributed by atoms with Crippen molar-refractivity contribution in [2.75, 3.05) is 14.2 Å². The Kier molecular flexibility index (Phi) is 5.09. The van der Waals surface area contributed by atoms with Crippen LogP contribution in [-0.2, 0) is 6.42 Å². The molecule has 1 aromatic carbocycles. The molecule has 1 atom stereocenters. The Balaban J connectivity index is 2.97. The third-order valence-electron chi connectivity index (χ3n) is 2.40. The Bertz CT molecular complexity index is 350. The second kappa shape index (κ2) is 6.11. The van der Waals surface area contributed by atoms with Crippen LogP contribution in [0.15, 0.2) is 16.6 Å². The fourth-order valence-corrected chi connectivity index (χ4v) is 2.10. The number of hydrogen-bond acceptors (Lipinski definition) is 3. The summed E-state index contributed by atoms with van der Waals surface area (Å²) in [6, 6.07) is 3.75. The highest BCUT2D eigenvalue weighted by Crippen LogP contribution is 2.33. The first-order chi connectivity index (χ1) is 7.58. The van der Waals surface area contributed by atoms with E-state index in [0.29, 0.717) is 6.42 Å². The molecule has 0 spiro atoms. The maximum absolute atomic E-state index is 9.29. The molecule has 0 aliphatic rings. The summed E-state index contributed by atoms with van der Waals surface area (Å²) in [5.74, 6) is 1.54. The number of methoxy groups -OCH3 is 2. The number of ether oxygens (including phenoxy) is 2. The van der Waals surface area contributed by atoms with Crippen LogP contribution in [-0.4, -0.2) is 25.4 Å². The lowest BCUT2D eigenvalue weighted by atomic mass is 10.1. The molecule has 0 saturated carbocycles. The lowest BCUT2D eigenvalue weighted by Crippen LogP contribution is -2.03. The highest BCUT2D eigenvalue weighted by Gasteiger charge is 2.11. The molecule has 0 heterocycles. The normalized spacial score (nSPS) is 12.3. The summed E-state index contributed by atoms with van der Waals surface area (Å²) in [6.07, 6.45) is 1.17. The standard InChI is InChI=1S/C12H17BrO3/c1-8(14)4-5-10-11(13)6-9(15-2)7-12(10)16-3/h6-8,14H,4-5H2,1-3H3. The molecular formula is C12H17BrO3. The van der Waals surface area contributed by atoms with E-state index in [1.165, 1.54) is 0 Å². The van der Waals surface area contributed by atoms with E-state index >= 15 is 0 Å². The first kappa shape index (κ1) is 13.3. The van der Waals surface area contributed by atoms with Crippen molar-refractivity contribution in [1.82, 2.24) is 0 Å². The third-order valence-corrected chi connectivity index (χ3v) is 3.10. The lowest BCUT2D eigenvalue weighted by Gasteiger charge is -2.13. The number of benzene rings is 1. The first-order valence-corrected chi connectivity index (χ1v) is 5.96. The molecule has 1 aromatic rings. The molecule has 1 rings (SSSR count). The average molecular weight is 289 g/mol. The molecule has 1 unspecified atom stereocenters. The van der Waals surface area contributed by atoms with E-state index in [-0.39, 0.29) is 6.10 Å². The zero-order chi connectivity index (χ0) is 12.1. The molecule has 0 saturated heterocycles. The Morgan fingerprint density at radius 3 is 2.50 bits per heavy atom. The Hall–Kier alpha value is -0.740. The van der Waals surface area contributed by atoms with Crippen LogP contribution in [0.3, 0.4) is 0 Å². The number of rotatable bonds is 5. The van der Waals surface area contributed by atoms with Crippen molar-refractivity contribution in [3.8, 4) is 11.5 Å². The Labute approximate surface area is 105 Å². The molecule has 0 aliphatic heterocycles. The molecule has 3 nitrogen and oxygen atoms in total. The molecule has 0 amide bonds. The zero-order valence-corrected chi connectivity index (χ0v) is 11.4. The number of aliphatic hydroxyl groups excluding tert-OH is 1. The van der Waals surface area contributed by atoms with Crippen LogP contribution in [0.4, 0.5) is 0 Å². The topological polar surface area (TPSA) is 38.7 Å². The first-order valence-electron chi connectivity index (χ1n) is 5.17. The van der Waals surface area contributed by atoms with Crippen LogP contribution in [0.1, 0.15) is 18.9 Å². The summed E-state index contributed by atoms with van der Waals surface area (Å²) < 4.78 is 11.4. The largest absolute Gasteiger partial charge is 0.497 e. The molecule has 0 bridgehead atoms. The van der Waals surface area contributed by atoms with Crippen molar-refractivity contribution in [1.29, 1.82) is 0 Å². The van der Waals surface area contributed by atoms with Crippen LogP contribution in [0.25, 0.3) is 0 Å². The van der Waals surface area contributed by atoms with Gasteiger partial charge in [-0.25, -0.2) is 0 Å². The maximum Gasteiger partial charge on any atom is 0.126 e. The van der Waals surface area contributed by atoms with E-state index in [9.17, 15) is 5.11 Å². The van der Waals surface area contributed by atoms with Gasteiger partial charge in [0.05, 0.1) is 20.3 Å². The van der Waals surface area contributed by atoms with E-state index in [4.69, 9.17) is 9.47 Å². The number of hydrogen-bond donors (Lipinski definition) is 1. The minimum atomic E-state index is -0.307. The Morgan fingerprint density at radius 1 is 1.31 bits per heavy atom. The zero-order valence-electron chi connectivity index (χ0n) is 9.79. The van der Waals surface area contributed by atoms with E-state index in [1.807, 2.05) is 12.1 Å². The molecule has 0 radical (unpaired) electrons. The van der Waals surface area contributed by atoms with Crippen molar-refractivity contribution in [2.45, 2.75) is 25.9 Å². The second-order valence-corrected chi connectivity index (χ2v) is 4.53. The van der Waals surface area contributed by atoms with Gasteiger partial charge in [-0.3, -0.25) is 0 Å². The van der Waals surface area contributed by atoms with Gasteiger partial charge in [0, 0.05) is 16.1 Å². The van der Waals surface area contributed by atoms with Crippen molar-refractivity contribution >= 4 is 15.9 Å². The molecule has 0 aromatic heterocycles. The van der Waals surface area contributed by atoms with Gasteiger partial charge in [0.2, 0.25) is 0 Å². The summed E-state index contributed by atoms with van der Waals surface area (Å²) in [6.45, 7) is 1.78. The quantitative estimate of drug-likeness (QED) is 0.906. The monoisotopic (exact) mass is 288 g/mol. The van der Waals surface area contributed by atoms with E-state index < -0.39 is 0 Å². The summed E-state index contributed by atoms with van der Waals surface area (Å²) >= 11 is 3.49. The van der Waals surface area contributed by atoms with Gasteiger partial charge in [0.1, 0.15) is 11.5 Å². The third kappa shape index (κ3) is 3.39. The molecule has 90 valence electrons. The molecule has 1 N–H and O–H groups in total. The molecular weight excluding hydrogens is 272 g/mol. The minimum absolute atomic E-state index is 0.307. The average Bonchev–Trinajstić information content (AvgIpc) is 2.26. The number of halogens is 1. The fourth-order valence-electron chi connectivity index (χ4n) is 1.48.